The van der Waals surface area contributed by atoms with Gasteiger partial charge in [0.05, 0.1) is 17.2 Å². The van der Waals surface area contributed by atoms with Gasteiger partial charge >= 0.3 is 11.9 Å². The first kappa shape index (κ1) is 19.5. The number of aliphatic carboxylic acids is 2. The van der Waals surface area contributed by atoms with Crippen LogP contribution in [0.5, 0.6) is 5.75 Å². The maximum Gasteiger partial charge on any atom is 0.333 e. The summed E-state index contributed by atoms with van der Waals surface area (Å²) in [6.45, 7) is -0.370. The molecular weight excluding hydrogens is 388 g/mol. The molecular formula is C17H14N4O8. The molecule has 0 saturated heterocycles. The molecule has 2 aromatic rings. The minimum atomic E-state index is -1.31. The Balaban J connectivity index is 1.94. The van der Waals surface area contributed by atoms with E-state index in [2.05, 4.69) is 14.8 Å². The molecule has 0 bridgehead atoms. The van der Waals surface area contributed by atoms with Gasteiger partial charge in [-0.15, -0.1) is 0 Å². The summed E-state index contributed by atoms with van der Waals surface area (Å²) < 4.78 is 9.92. The summed E-state index contributed by atoms with van der Waals surface area (Å²) in [6, 6.07) is 6.27. The van der Waals surface area contributed by atoms with Crippen molar-refractivity contribution in [3.8, 4) is 5.75 Å². The zero-order chi connectivity index (χ0) is 21.1. The second-order valence-corrected chi connectivity index (χ2v) is 5.93. The van der Waals surface area contributed by atoms with Gasteiger partial charge in [-0.2, -0.15) is 0 Å². The van der Waals surface area contributed by atoms with Crippen LogP contribution in [0.15, 0.2) is 39.5 Å². The molecule has 150 valence electrons. The molecule has 1 aliphatic heterocycles. The van der Waals surface area contributed by atoms with E-state index in [0.29, 0.717) is 0 Å². The monoisotopic (exact) mass is 402 g/mol. The van der Waals surface area contributed by atoms with Gasteiger partial charge in [-0.25, -0.2) is 4.79 Å². The normalized spacial score (nSPS) is 15.9. The van der Waals surface area contributed by atoms with E-state index in [1.807, 2.05) is 0 Å². The van der Waals surface area contributed by atoms with E-state index in [4.69, 9.17) is 15.6 Å². The molecule has 0 spiro atoms. The number of ether oxygens (including phenoxy) is 1. The maximum absolute atomic E-state index is 11.6. The van der Waals surface area contributed by atoms with Gasteiger partial charge in [0.1, 0.15) is 5.75 Å². The zero-order valence-corrected chi connectivity index (χ0v) is 14.6. The predicted molar refractivity (Wildman–Crippen MR) is 93.5 cm³/mol. The average Bonchev–Trinajstić information content (AvgIpc) is 3.06. The third-order valence-corrected chi connectivity index (χ3v) is 4.09. The van der Waals surface area contributed by atoms with Gasteiger partial charge in [0.2, 0.25) is 0 Å². The molecule has 0 radical (unpaired) electrons. The number of carboxylic acid groups (broad SMARTS) is 2. The van der Waals surface area contributed by atoms with E-state index in [-0.39, 0.29) is 46.2 Å². The molecule has 3 rings (SSSR count). The molecule has 29 heavy (non-hydrogen) atoms. The van der Waals surface area contributed by atoms with Crippen molar-refractivity contribution in [2.24, 2.45) is 16.6 Å². The number of para-hydroxylation sites is 1. The lowest BCUT2D eigenvalue weighted by atomic mass is 9.93. The minimum Gasteiger partial charge on any atom is -0.484 e. The highest BCUT2D eigenvalue weighted by Gasteiger charge is 2.29. The predicted octanol–water partition coefficient (Wildman–Crippen LogP) is -0.0431. The summed E-state index contributed by atoms with van der Waals surface area (Å²) >= 11 is 0. The number of rotatable bonds is 7. The first-order chi connectivity index (χ1) is 13.8. The maximum atomic E-state index is 11.6. The average molecular weight is 402 g/mol. The molecule has 12 heteroatoms. The number of aliphatic imine (C=N–C) groups is 1. The second-order valence-electron chi connectivity index (χ2n) is 5.93. The summed E-state index contributed by atoms with van der Waals surface area (Å²) in [5, 5.41) is 33.4. The smallest absolute Gasteiger partial charge is 0.333 e. The first-order valence-corrected chi connectivity index (χ1v) is 8.13. The quantitative estimate of drug-likeness (QED) is 0.533. The van der Waals surface area contributed by atoms with Crippen molar-refractivity contribution >= 4 is 29.8 Å². The fourth-order valence-electron chi connectivity index (χ4n) is 2.72. The van der Waals surface area contributed by atoms with Crippen molar-refractivity contribution in [1.29, 1.82) is 0 Å². The lowest BCUT2D eigenvalue weighted by molar-refractivity contribution is -0.803. The van der Waals surface area contributed by atoms with Crippen molar-refractivity contribution < 1.29 is 38.9 Å². The highest BCUT2D eigenvalue weighted by molar-refractivity contribution is 6.03. The van der Waals surface area contributed by atoms with Crippen LogP contribution in [-0.2, 0) is 16.2 Å². The van der Waals surface area contributed by atoms with E-state index in [0.717, 1.165) is 6.21 Å². The zero-order valence-electron chi connectivity index (χ0n) is 14.6. The Morgan fingerprint density at radius 2 is 2.03 bits per heavy atom. The molecule has 1 aromatic carbocycles. The van der Waals surface area contributed by atoms with Crippen LogP contribution in [0.2, 0.25) is 0 Å². The number of nitrogens with two attached hydrogens (primary N) is 1. The topological polar surface area (TPSA) is 192 Å². The molecule has 1 atom stereocenters. The number of carbonyl (C=O) groups excluding carboxylic acids is 1. The van der Waals surface area contributed by atoms with Crippen LogP contribution in [0.3, 0.4) is 0 Å². The van der Waals surface area contributed by atoms with Crippen molar-refractivity contribution in [1.82, 2.24) is 5.16 Å². The minimum absolute atomic E-state index is 0.0415. The van der Waals surface area contributed by atoms with E-state index < -0.39 is 29.5 Å². The van der Waals surface area contributed by atoms with Gasteiger partial charge in [-0.3, -0.25) is 19.2 Å². The van der Waals surface area contributed by atoms with Crippen LogP contribution in [0.1, 0.15) is 28.2 Å². The van der Waals surface area contributed by atoms with Crippen LogP contribution >= 0.6 is 0 Å². The molecule has 1 aromatic heterocycles. The van der Waals surface area contributed by atoms with Crippen LogP contribution in [-0.4, -0.2) is 39.4 Å². The largest absolute Gasteiger partial charge is 0.484 e. The molecule has 4 N–H and O–H groups in total. The number of amides is 1. The van der Waals surface area contributed by atoms with Gasteiger partial charge < -0.3 is 25.9 Å². The summed E-state index contributed by atoms with van der Waals surface area (Å²) in [7, 11) is 0. The lowest BCUT2D eigenvalue weighted by Crippen LogP contribution is -2.35. The van der Waals surface area contributed by atoms with Crippen molar-refractivity contribution in [3.63, 3.8) is 0 Å². The van der Waals surface area contributed by atoms with Gasteiger partial charge in [-0.1, -0.05) is 12.1 Å². The fourth-order valence-corrected chi connectivity index (χ4v) is 2.72. The summed E-state index contributed by atoms with van der Waals surface area (Å²) in [5.41, 5.74) is 4.58. The Labute approximate surface area is 162 Å². The summed E-state index contributed by atoms with van der Waals surface area (Å²) in [4.78, 5) is 38.0. The van der Waals surface area contributed by atoms with E-state index >= 15 is 0 Å². The lowest BCUT2D eigenvalue weighted by Gasteiger charge is -2.18. The summed E-state index contributed by atoms with van der Waals surface area (Å²) in [6.07, 6.45) is 0.910. The number of carboxylic acids is 2. The SMILES string of the molecule is NC(=O)c1c(COc2ccccc2C2=C(C(=O)O)CC(C(=O)O)C=N2)no[n+]1[O-]. The molecule has 1 aliphatic rings. The number of hydrogen-bond acceptors (Lipinski definition) is 8. The van der Waals surface area contributed by atoms with Gasteiger partial charge in [0, 0.05) is 16.9 Å². The number of hydrogen-bond donors (Lipinski definition) is 3. The van der Waals surface area contributed by atoms with Crippen molar-refractivity contribution in [2.45, 2.75) is 13.0 Å². The number of carbonyl (C=O) groups is 3. The second kappa shape index (κ2) is 7.80. The van der Waals surface area contributed by atoms with Crippen molar-refractivity contribution in [2.75, 3.05) is 0 Å². The van der Waals surface area contributed by atoms with Crippen LogP contribution < -0.4 is 15.4 Å². The molecule has 1 unspecified atom stereocenters. The number of primary amides is 1. The van der Waals surface area contributed by atoms with Gasteiger partial charge in [0.25, 0.3) is 17.3 Å². The third-order valence-electron chi connectivity index (χ3n) is 4.09. The van der Waals surface area contributed by atoms with Crippen LogP contribution in [0, 0.1) is 11.1 Å². The fraction of sp³-hybridized carbons (Fsp3) is 0.176. The molecule has 0 fully saturated rings. The Hall–Kier alpha value is -4.22. The molecule has 0 aliphatic carbocycles. The Morgan fingerprint density at radius 1 is 1.31 bits per heavy atom. The van der Waals surface area contributed by atoms with Crippen LogP contribution in [0.25, 0.3) is 5.70 Å². The molecule has 0 saturated carbocycles. The van der Waals surface area contributed by atoms with E-state index in [1.54, 1.807) is 12.1 Å². The van der Waals surface area contributed by atoms with E-state index in [1.165, 1.54) is 12.1 Å². The van der Waals surface area contributed by atoms with Gasteiger partial charge in [-0.05, 0) is 23.5 Å². The highest BCUT2D eigenvalue weighted by atomic mass is 16.8. The molecule has 2 heterocycles. The number of aromatic nitrogens is 2. The van der Waals surface area contributed by atoms with Crippen LogP contribution in [0.4, 0.5) is 0 Å². The molecule has 1 amide bonds. The summed E-state index contributed by atoms with van der Waals surface area (Å²) in [5.74, 6) is -4.44. The number of nitrogens with zero attached hydrogens (tertiary/aromatic N) is 3. The third kappa shape index (κ3) is 3.90. The first-order valence-electron chi connectivity index (χ1n) is 8.13. The Kier molecular flexibility index (Phi) is 5.25. The van der Waals surface area contributed by atoms with Crippen molar-refractivity contribution in [3.05, 3.63) is 52.0 Å². The van der Waals surface area contributed by atoms with E-state index in [9.17, 15) is 24.7 Å². The highest BCUT2D eigenvalue weighted by Crippen LogP contribution is 2.34. The van der Waals surface area contributed by atoms with Gasteiger partial charge in [0.15, 0.2) is 6.61 Å². The Bertz CT molecular complexity index is 1060. The Morgan fingerprint density at radius 3 is 2.69 bits per heavy atom. The standard InChI is InChI=1S/C17H14N4O8/c18-15(22)14-11(20-29-21(14)27)7-28-12-4-2-1-3-9(12)13-10(17(25)26)5-8(6-19-13)16(23)24/h1-4,6,8H,5,7H2,(H2,18,22)(H,23,24)(H,25,26). The number of benzene rings is 1. The molecule has 12 nitrogen and oxygen atoms in total.